The lowest BCUT2D eigenvalue weighted by Gasteiger charge is -2.29. The number of ether oxygens (including phenoxy) is 1. The van der Waals surface area contributed by atoms with Gasteiger partial charge in [0.05, 0.1) is 28.1 Å². The molecule has 1 aliphatic rings. The van der Waals surface area contributed by atoms with Crippen LogP contribution in [0.1, 0.15) is 105 Å². The number of para-hydroxylation sites is 3. The fourth-order valence-electron chi connectivity index (χ4n) is 10.6. The summed E-state index contributed by atoms with van der Waals surface area (Å²) >= 11 is 0. The maximum atomic E-state index is 6.87. The quantitative estimate of drug-likeness (QED) is 0.152. The third-order valence-corrected chi connectivity index (χ3v) is 15.1. The Morgan fingerprint density at radius 1 is 0.373 bits per heavy atom. The monoisotopic (exact) mass is 983 g/mol. The van der Waals surface area contributed by atoms with E-state index in [0.717, 1.165) is 56.5 Å². The molecule has 8 aromatic carbocycles. The van der Waals surface area contributed by atoms with Gasteiger partial charge in [-0.3, -0.25) is 4.57 Å². The van der Waals surface area contributed by atoms with Crippen molar-refractivity contribution >= 4 is 44.6 Å². The Balaban J connectivity index is 1.02. The van der Waals surface area contributed by atoms with Gasteiger partial charge in [0.1, 0.15) is 24.0 Å². The van der Waals surface area contributed by atoms with Crippen LogP contribution in [0.2, 0.25) is 0 Å². The number of hydrogen-bond donors (Lipinski definition) is 0. The van der Waals surface area contributed by atoms with Gasteiger partial charge in [-0.25, -0.2) is 4.98 Å². The second-order valence-corrected chi connectivity index (χ2v) is 24.7. The van der Waals surface area contributed by atoms with Gasteiger partial charge in [0, 0.05) is 40.4 Å². The molecular weight excluding hydrogens is 913 g/mol. The smallest absolute Gasteiger partial charge is 0.137 e. The van der Waals surface area contributed by atoms with Crippen molar-refractivity contribution in [2.45, 2.75) is 105 Å². The summed E-state index contributed by atoms with van der Waals surface area (Å²) in [5.74, 6) is 2.42. The largest absolute Gasteiger partial charge is 0.457 e. The van der Waals surface area contributed by atoms with Gasteiger partial charge in [0.15, 0.2) is 0 Å². The van der Waals surface area contributed by atoms with Crippen molar-refractivity contribution in [1.82, 2.24) is 9.55 Å². The molecule has 0 aliphatic carbocycles. The average molecular weight is 983 g/mol. The molecule has 0 unspecified atom stereocenters. The SMILES string of the molecule is CC(C)(C)c1cc(-c2ccccc2)cc(-c2ccc(-c3cc(C(C)(C)C)cc(C(C)(C)C)c3)c(N3CN(c4cccc(Oc5ccc6c7ccccc7n(-c7cc(C(C)(C)C)ccn7)c6c5)c4)c4ccccc43)c2)c1. The van der Waals surface area contributed by atoms with Crippen molar-refractivity contribution in [3.63, 3.8) is 0 Å². The molecule has 0 spiro atoms. The fraction of sp³-hybridized carbons (Fsp3) is 0.243. The lowest BCUT2D eigenvalue weighted by atomic mass is 9.78. The molecule has 0 N–H and O–H groups in total. The van der Waals surface area contributed by atoms with Gasteiger partial charge < -0.3 is 14.5 Å². The van der Waals surface area contributed by atoms with Crippen LogP contribution in [-0.2, 0) is 21.7 Å². The lowest BCUT2D eigenvalue weighted by molar-refractivity contribution is 0.483. The van der Waals surface area contributed by atoms with E-state index < -0.39 is 0 Å². The molecule has 3 heterocycles. The van der Waals surface area contributed by atoms with Gasteiger partial charge in [0.2, 0.25) is 0 Å². The van der Waals surface area contributed by atoms with Crippen LogP contribution < -0.4 is 14.5 Å². The summed E-state index contributed by atoms with van der Waals surface area (Å²) < 4.78 is 9.14. The molecule has 0 radical (unpaired) electrons. The van der Waals surface area contributed by atoms with Crippen LogP contribution in [-0.4, -0.2) is 16.2 Å². The number of nitrogens with zero attached hydrogens (tertiary/aromatic N) is 4. The number of pyridine rings is 1. The standard InChI is InChI=1S/C70H70N4O/c1-67(2,3)51-33-34-71-66(42-51)74-61-26-17-16-25-59(61)60-32-30-57(44-65(60)74)75-56-24-20-23-55(43-56)72-45-73(63-28-19-18-27-62(63)72)64-40-47(49-35-48(46-21-14-13-15-22-46)36-52(37-49)68(4,5)6)29-31-58(64)50-38-53(69(7,8)9)41-54(39-50)70(10,11)12/h13-44H,45H2,1-12H3. The van der Waals surface area contributed by atoms with Gasteiger partial charge in [0.25, 0.3) is 0 Å². The molecule has 2 aromatic heterocycles. The molecule has 0 bridgehead atoms. The molecule has 0 amide bonds. The van der Waals surface area contributed by atoms with Crippen molar-refractivity contribution in [3.8, 4) is 50.7 Å². The summed E-state index contributed by atoms with van der Waals surface area (Å²) in [7, 11) is 0. The maximum absolute atomic E-state index is 6.87. The second-order valence-electron chi connectivity index (χ2n) is 24.7. The molecular formula is C70H70N4O. The second kappa shape index (κ2) is 18.5. The van der Waals surface area contributed by atoms with Crippen LogP contribution in [0.5, 0.6) is 11.5 Å². The summed E-state index contributed by atoms with van der Waals surface area (Å²) in [6.07, 6.45) is 1.93. The number of rotatable bonds is 8. The van der Waals surface area contributed by atoms with Crippen molar-refractivity contribution < 1.29 is 4.74 Å². The number of benzene rings is 8. The zero-order valence-electron chi connectivity index (χ0n) is 45.9. The van der Waals surface area contributed by atoms with E-state index in [4.69, 9.17) is 9.72 Å². The molecule has 75 heavy (non-hydrogen) atoms. The zero-order chi connectivity index (χ0) is 52.6. The summed E-state index contributed by atoms with van der Waals surface area (Å²) in [5, 5.41) is 2.34. The highest BCUT2D eigenvalue weighted by atomic mass is 16.5. The minimum atomic E-state index is -0.0471. The maximum Gasteiger partial charge on any atom is 0.137 e. The topological polar surface area (TPSA) is 33.5 Å². The van der Waals surface area contributed by atoms with Crippen LogP contribution in [0.15, 0.2) is 194 Å². The molecule has 0 saturated heterocycles. The Morgan fingerprint density at radius 2 is 0.960 bits per heavy atom. The van der Waals surface area contributed by atoms with Crippen LogP contribution in [0.4, 0.5) is 22.7 Å². The fourth-order valence-corrected chi connectivity index (χ4v) is 10.6. The molecule has 0 atom stereocenters. The Kier molecular flexibility index (Phi) is 12.2. The molecule has 10 aromatic rings. The van der Waals surface area contributed by atoms with Gasteiger partial charge in [-0.15, -0.1) is 0 Å². The van der Waals surface area contributed by atoms with E-state index in [9.17, 15) is 0 Å². The van der Waals surface area contributed by atoms with Gasteiger partial charge in [-0.05, 0) is 138 Å². The molecule has 11 rings (SSSR count). The molecule has 1 aliphatic heterocycles. The first-order chi connectivity index (χ1) is 35.7. The van der Waals surface area contributed by atoms with E-state index in [1.165, 1.54) is 61.0 Å². The van der Waals surface area contributed by atoms with E-state index in [1.807, 2.05) is 6.20 Å². The van der Waals surface area contributed by atoms with E-state index in [-0.39, 0.29) is 21.7 Å². The highest BCUT2D eigenvalue weighted by Gasteiger charge is 2.31. The molecule has 5 heteroatoms. The first-order valence-electron chi connectivity index (χ1n) is 26.6. The lowest BCUT2D eigenvalue weighted by Crippen LogP contribution is -2.24. The van der Waals surface area contributed by atoms with E-state index in [2.05, 4.69) is 286 Å². The first-order valence-corrected chi connectivity index (χ1v) is 26.6. The molecule has 5 nitrogen and oxygen atoms in total. The van der Waals surface area contributed by atoms with Crippen molar-refractivity contribution in [3.05, 3.63) is 217 Å². The minimum Gasteiger partial charge on any atom is -0.457 e. The van der Waals surface area contributed by atoms with E-state index in [0.29, 0.717) is 6.67 Å². The highest BCUT2D eigenvalue weighted by Crippen LogP contribution is 2.49. The normalized spacial score (nSPS) is 13.2. The number of fused-ring (bicyclic) bond motifs is 4. The number of anilines is 4. The van der Waals surface area contributed by atoms with Crippen LogP contribution in [0, 0.1) is 0 Å². The Hall–Kier alpha value is -7.89. The molecule has 376 valence electrons. The third-order valence-electron chi connectivity index (χ3n) is 15.1. The molecule has 0 saturated carbocycles. The highest BCUT2D eigenvalue weighted by molar-refractivity contribution is 6.09. The van der Waals surface area contributed by atoms with Gasteiger partial charge >= 0.3 is 0 Å². The summed E-state index contributed by atoms with van der Waals surface area (Å²) in [4.78, 5) is 9.86. The Morgan fingerprint density at radius 3 is 1.65 bits per heavy atom. The van der Waals surface area contributed by atoms with Gasteiger partial charge in [-0.2, -0.15) is 0 Å². The van der Waals surface area contributed by atoms with E-state index in [1.54, 1.807) is 0 Å². The summed E-state index contributed by atoms with van der Waals surface area (Å²) in [6.45, 7) is 28.2. The first kappa shape index (κ1) is 49.3. The Bertz CT molecular complexity index is 3740. The predicted octanol–water partition coefficient (Wildman–Crippen LogP) is 19.4. The van der Waals surface area contributed by atoms with Crippen LogP contribution in [0.25, 0.3) is 61.0 Å². The van der Waals surface area contributed by atoms with Crippen LogP contribution in [0.3, 0.4) is 0 Å². The zero-order valence-corrected chi connectivity index (χ0v) is 45.9. The van der Waals surface area contributed by atoms with Crippen molar-refractivity contribution in [2.24, 2.45) is 0 Å². The molecule has 0 fully saturated rings. The third kappa shape index (κ3) is 9.61. The predicted molar refractivity (Wildman–Crippen MR) is 318 cm³/mol. The Labute approximate surface area is 445 Å². The summed E-state index contributed by atoms with van der Waals surface area (Å²) in [6, 6.07) is 69.1. The summed E-state index contributed by atoms with van der Waals surface area (Å²) in [5.41, 5.74) is 19.0. The minimum absolute atomic E-state index is 0.0189. The van der Waals surface area contributed by atoms with Crippen molar-refractivity contribution in [2.75, 3.05) is 16.5 Å². The average Bonchev–Trinajstić information content (AvgIpc) is 3.98. The van der Waals surface area contributed by atoms with E-state index >= 15 is 0 Å². The van der Waals surface area contributed by atoms with Crippen molar-refractivity contribution in [1.29, 1.82) is 0 Å². The van der Waals surface area contributed by atoms with Gasteiger partial charge in [-0.1, -0.05) is 192 Å². The van der Waals surface area contributed by atoms with Crippen LogP contribution >= 0.6 is 0 Å². The number of hydrogen-bond acceptors (Lipinski definition) is 4. The number of aromatic nitrogens is 2.